The molecule has 0 radical (unpaired) electrons. The maximum Gasteiger partial charge on any atom is 0.262 e. The van der Waals surface area contributed by atoms with E-state index in [9.17, 15) is 4.79 Å². The van der Waals surface area contributed by atoms with Gasteiger partial charge in [-0.15, -0.1) is 11.3 Å². The van der Waals surface area contributed by atoms with Gasteiger partial charge in [0.05, 0.1) is 14.7 Å². The molecule has 1 amide bonds. The molecule has 1 heterocycles. The standard InChI is InChI=1S/C13H17Br2N3O2S/c14-8-6-9(21-11(8)15)13(19)17-10(12(16)18-20)7-4-2-1-3-5-7/h6-7,10,20H,1-5H2,(H2,16,18)(H,17,19). The number of halogens is 2. The first kappa shape index (κ1) is 16.8. The summed E-state index contributed by atoms with van der Waals surface area (Å²) in [5, 5.41) is 15.0. The predicted molar refractivity (Wildman–Crippen MR) is 91.0 cm³/mol. The van der Waals surface area contributed by atoms with Gasteiger partial charge in [-0.05, 0) is 56.7 Å². The maximum atomic E-state index is 12.3. The van der Waals surface area contributed by atoms with E-state index in [1.165, 1.54) is 17.8 Å². The monoisotopic (exact) mass is 437 g/mol. The molecule has 0 aliphatic heterocycles. The van der Waals surface area contributed by atoms with Crippen LogP contribution in [0.1, 0.15) is 41.8 Å². The Morgan fingerprint density at radius 2 is 2.10 bits per heavy atom. The number of nitrogens with zero attached hydrogens (tertiary/aromatic N) is 1. The highest BCUT2D eigenvalue weighted by atomic mass is 79.9. The molecule has 4 N–H and O–H groups in total. The Morgan fingerprint density at radius 1 is 1.43 bits per heavy atom. The molecule has 21 heavy (non-hydrogen) atoms. The van der Waals surface area contributed by atoms with E-state index in [0.29, 0.717) is 4.88 Å². The Balaban J connectivity index is 2.12. The van der Waals surface area contributed by atoms with Crippen molar-refractivity contribution in [2.45, 2.75) is 38.1 Å². The van der Waals surface area contributed by atoms with Crippen LogP contribution in [0.4, 0.5) is 0 Å². The van der Waals surface area contributed by atoms with Gasteiger partial charge in [0.15, 0.2) is 5.84 Å². The van der Waals surface area contributed by atoms with Crippen LogP contribution in [0.5, 0.6) is 0 Å². The molecule has 5 nitrogen and oxygen atoms in total. The molecule has 0 spiro atoms. The van der Waals surface area contributed by atoms with Crippen molar-refractivity contribution < 1.29 is 10.0 Å². The van der Waals surface area contributed by atoms with Gasteiger partial charge in [0.25, 0.3) is 5.91 Å². The number of carbonyl (C=O) groups excluding carboxylic acids is 1. The van der Waals surface area contributed by atoms with Crippen molar-refractivity contribution in [3.8, 4) is 0 Å². The van der Waals surface area contributed by atoms with Crippen molar-refractivity contribution >= 4 is 54.9 Å². The summed E-state index contributed by atoms with van der Waals surface area (Å²) in [6, 6.07) is 1.34. The zero-order valence-corrected chi connectivity index (χ0v) is 15.3. The van der Waals surface area contributed by atoms with Crippen LogP contribution in [0.3, 0.4) is 0 Å². The molecule has 1 aliphatic rings. The van der Waals surface area contributed by atoms with Gasteiger partial charge in [-0.3, -0.25) is 4.79 Å². The highest BCUT2D eigenvalue weighted by Gasteiger charge is 2.29. The Bertz CT molecular complexity index is 522. The van der Waals surface area contributed by atoms with Gasteiger partial charge in [-0.1, -0.05) is 24.4 Å². The molecule has 0 saturated heterocycles. The molecule has 0 bridgehead atoms. The van der Waals surface area contributed by atoms with Gasteiger partial charge >= 0.3 is 0 Å². The summed E-state index contributed by atoms with van der Waals surface area (Å²) in [4.78, 5) is 12.9. The maximum absolute atomic E-state index is 12.3. The Hall–Kier alpha value is -0.600. The third kappa shape index (κ3) is 4.20. The lowest BCUT2D eigenvalue weighted by molar-refractivity contribution is 0.0934. The van der Waals surface area contributed by atoms with Gasteiger partial charge in [-0.25, -0.2) is 0 Å². The number of thiophene rings is 1. The fraction of sp³-hybridized carbons (Fsp3) is 0.538. The Kier molecular flexibility index (Phi) is 6.07. The molecule has 1 aliphatic carbocycles. The summed E-state index contributed by atoms with van der Waals surface area (Å²) in [5.41, 5.74) is 5.78. The van der Waals surface area contributed by atoms with Crippen LogP contribution in [-0.4, -0.2) is 23.0 Å². The van der Waals surface area contributed by atoms with E-state index in [1.807, 2.05) is 0 Å². The Labute approximate surface area is 144 Å². The largest absolute Gasteiger partial charge is 0.409 e. The summed E-state index contributed by atoms with van der Waals surface area (Å²) >= 11 is 8.08. The number of hydrogen-bond acceptors (Lipinski definition) is 4. The molecule has 8 heteroatoms. The second-order valence-electron chi connectivity index (χ2n) is 5.11. The first-order valence-electron chi connectivity index (χ1n) is 6.76. The molecule has 1 fully saturated rings. The van der Waals surface area contributed by atoms with Crippen molar-refractivity contribution in [3.63, 3.8) is 0 Å². The highest BCUT2D eigenvalue weighted by Crippen LogP contribution is 2.33. The first-order valence-corrected chi connectivity index (χ1v) is 9.16. The summed E-state index contributed by atoms with van der Waals surface area (Å²) in [5.74, 6) is 0.101. The van der Waals surface area contributed by atoms with Gasteiger partial charge in [-0.2, -0.15) is 0 Å². The summed E-state index contributed by atoms with van der Waals surface area (Å²) in [6.45, 7) is 0. The van der Waals surface area contributed by atoms with E-state index in [1.54, 1.807) is 6.07 Å². The minimum atomic E-state index is -0.414. The molecule has 1 aromatic rings. The predicted octanol–water partition coefficient (Wildman–Crippen LogP) is 3.70. The fourth-order valence-corrected chi connectivity index (χ4v) is 4.57. The normalized spacial score (nSPS) is 18.5. The van der Waals surface area contributed by atoms with Gasteiger partial charge in [0.1, 0.15) is 0 Å². The summed E-state index contributed by atoms with van der Waals surface area (Å²) < 4.78 is 1.71. The zero-order chi connectivity index (χ0) is 15.4. The first-order chi connectivity index (χ1) is 10.0. The molecule has 1 aromatic heterocycles. The van der Waals surface area contributed by atoms with E-state index in [0.717, 1.165) is 33.9 Å². The number of nitrogens with one attached hydrogen (secondary N) is 1. The fourth-order valence-electron chi connectivity index (χ4n) is 2.63. The average molecular weight is 439 g/mol. The number of hydrogen-bond donors (Lipinski definition) is 3. The molecule has 1 unspecified atom stereocenters. The van der Waals surface area contributed by atoms with Crippen molar-refractivity contribution in [1.82, 2.24) is 5.32 Å². The van der Waals surface area contributed by atoms with E-state index in [-0.39, 0.29) is 17.7 Å². The van der Waals surface area contributed by atoms with Gasteiger partial charge in [0, 0.05) is 4.47 Å². The highest BCUT2D eigenvalue weighted by molar-refractivity contribution is 9.13. The van der Waals surface area contributed by atoms with Crippen LogP contribution in [0.2, 0.25) is 0 Å². The second kappa shape index (κ2) is 7.60. The molecular weight excluding hydrogens is 422 g/mol. The Morgan fingerprint density at radius 3 is 2.62 bits per heavy atom. The third-order valence-corrected chi connectivity index (χ3v) is 6.97. The van der Waals surface area contributed by atoms with Crippen LogP contribution in [0.25, 0.3) is 0 Å². The number of rotatable bonds is 4. The van der Waals surface area contributed by atoms with Crippen LogP contribution in [0.15, 0.2) is 19.5 Å². The van der Waals surface area contributed by atoms with Crippen LogP contribution >= 0.6 is 43.2 Å². The number of nitrogens with two attached hydrogens (primary N) is 1. The van der Waals surface area contributed by atoms with Crippen LogP contribution in [0, 0.1) is 5.92 Å². The molecule has 1 atom stereocenters. The minimum Gasteiger partial charge on any atom is -0.409 e. The number of carbonyl (C=O) groups is 1. The van der Waals surface area contributed by atoms with E-state index in [4.69, 9.17) is 10.9 Å². The lowest BCUT2D eigenvalue weighted by atomic mass is 9.83. The number of oxime groups is 1. The van der Waals surface area contributed by atoms with Gasteiger partial charge < -0.3 is 16.3 Å². The van der Waals surface area contributed by atoms with E-state index < -0.39 is 6.04 Å². The zero-order valence-electron chi connectivity index (χ0n) is 11.3. The van der Waals surface area contributed by atoms with Crippen molar-refractivity contribution in [2.24, 2.45) is 16.8 Å². The molecule has 0 aromatic carbocycles. The molecule has 116 valence electrons. The quantitative estimate of drug-likeness (QED) is 0.290. The molecule has 1 saturated carbocycles. The van der Waals surface area contributed by atoms with Crippen molar-refractivity contribution in [3.05, 3.63) is 19.2 Å². The van der Waals surface area contributed by atoms with Crippen LogP contribution in [-0.2, 0) is 0 Å². The van der Waals surface area contributed by atoms with Crippen LogP contribution < -0.4 is 11.1 Å². The number of amides is 1. The second-order valence-corrected chi connectivity index (χ2v) is 8.33. The SMILES string of the molecule is NC(=NO)C(NC(=O)c1cc(Br)c(Br)s1)C1CCCCC1. The van der Waals surface area contributed by atoms with E-state index in [2.05, 4.69) is 42.3 Å². The topological polar surface area (TPSA) is 87.7 Å². The van der Waals surface area contributed by atoms with Crippen molar-refractivity contribution in [2.75, 3.05) is 0 Å². The lowest BCUT2D eigenvalue weighted by Crippen LogP contribution is -2.49. The smallest absolute Gasteiger partial charge is 0.262 e. The molecular formula is C13H17Br2N3O2S. The third-order valence-electron chi connectivity index (χ3n) is 3.71. The van der Waals surface area contributed by atoms with Crippen molar-refractivity contribution in [1.29, 1.82) is 0 Å². The summed E-state index contributed by atoms with van der Waals surface area (Å²) in [6.07, 6.45) is 5.41. The molecule has 2 rings (SSSR count). The minimum absolute atomic E-state index is 0.0740. The van der Waals surface area contributed by atoms with E-state index >= 15 is 0 Å². The van der Waals surface area contributed by atoms with Gasteiger partial charge in [0.2, 0.25) is 0 Å². The average Bonchev–Trinajstić information content (AvgIpc) is 2.84. The number of amidine groups is 1. The lowest BCUT2D eigenvalue weighted by Gasteiger charge is -2.29. The summed E-state index contributed by atoms with van der Waals surface area (Å²) in [7, 11) is 0.